The van der Waals surface area contributed by atoms with Crippen molar-refractivity contribution >= 4 is 40.6 Å². The van der Waals surface area contributed by atoms with E-state index in [1.807, 2.05) is 6.92 Å². The fourth-order valence-corrected chi connectivity index (χ4v) is 4.08. The quantitative estimate of drug-likeness (QED) is 0.170. The van der Waals surface area contributed by atoms with Crippen LogP contribution in [0.15, 0.2) is 30.3 Å². The molecule has 0 saturated carbocycles. The third-order valence-electron chi connectivity index (χ3n) is 5.82. The number of nitrogens with one attached hydrogen (secondary N) is 4. The number of aliphatic hydroxyl groups is 1. The number of aliphatic hydroxyl groups excluding tert-OH is 1. The minimum absolute atomic E-state index is 0.0852. The van der Waals surface area contributed by atoms with Gasteiger partial charge in [-0.3, -0.25) is 24.0 Å². The summed E-state index contributed by atoms with van der Waals surface area (Å²) >= 11 is 1.03. The van der Waals surface area contributed by atoms with Crippen LogP contribution in [-0.4, -0.2) is 76.7 Å². The minimum Gasteiger partial charge on any atom is -0.388 e. The summed E-state index contributed by atoms with van der Waals surface area (Å²) < 4.78 is 13.0. The van der Waals surface area contributed by atoms with E-state index in [0.29, 0.717) is 5.75 Å². The van der Waals surface area contributed by atoms with Gasteiger partial charge in [0.1, 0.15) is 30.9 Å². The molecule has 5 amide bonds. The Balaban J connectivity index is 3.02. The number of hydrogen-bond acceptors (Lipinski definition) is 7. The van der Waals surface area contributed by atoms with E-state index < -0.39 is 60.6 Å². The van der Waals surface area contributed by atoms with E-state index in [2.05, 4.69) is 21.3 Å². The standard InChI is InChI=1S/C26H40FN5O6S/c1-5-39-26(38)32-22(15(2)3)25(37)31-19(13-17-9-7-6-8-10-17)24(36)29-16(4)23(35)30-18(20(33)14-27)11-12-21(28)34/h6-10,15-16,18-20,22,33H,5,11-14H2,1-4H3,(H2,28,34)(H,29,36)(H,30,35)(H,31,37)(H,32,38)/t16-,18?,19-,20?,22-/m0/s1. The van der Waals surface area contributed by atoms with Gasteiger partial charge >= 0.3 is 0 Å². The van der Waals surface area contributed by atoms with Gasteiger partial charge in [-0.25, -0.2) is 4.39 Å². The molecule has 0 aliphatic rings. The van der Waals surface area contributed by atoms with Crippen molar-refractivity contribution in [3.63, 3.8) is 0 Å². The SMILES string of the molecule is CCSC(=O)N[C@H](C(=O)N[C@@H](Cc1ccccc1)C(=O)N[C@@H](C)C(=O)NC(CCC(N)=O)C(O)CF)C(C)C. The zero-order valence-electron chi connectivity index (χ0n) is 22.7. The second-order valence-corrected chi connectivity index (χ2v) is 10.6. The van der Waals surface area contributed by atoms with Crippen LogP contribution in [0, 0.1) is 5.92 Å². The highest BCUT2D eigenvalue weighted by Crippen LogP contribution is 2.10. The number of halogens is 1. The van der Waals surface area contributed by atoms with Crippen LogP contribution in [0.4, 0.5) is 9.18 Å². The summed E-state index contributed by atoms with van der Waals surface area (Å²) in [5, 5.41) is 19.9. The number of rotatable bonds is 16. The predicted octanol–water partition coefficient (Wildman–Crippen LogP) is 0.787. The van der Waals surface area contributed by atoms with Crippen LogP contribution in [0.3, 0.4) is 0 Å². The Morgan fingerprint density at radius 2 is 1.59 bits per heavy atom. The maximum absolute atomic E-state index is 13.2. The Kier molecular flexibility index (Phi) is 15.1. The molecule has 0 aliphatic carbocycles. The van der Waals surface area contributed by atoms with Crippen molar-refractivity contribution in [3.05, 3.63) is 35.9 Å². The molecule has 0 aromatic heterocycles. The molecule has 1 aromatic rings. The first kappa shape index (κ1) is 33.8. The summed E-state index contributed by atoms with van der Waals surface area (Å²) in [5.74, 6) is -2.35. The number of amides is 5. The summed E-state index contributed by atoms with van der Waals surface area (Å²) in [6.45, 7) is 5.58. The van der Waals surface area contributed by atoms with Crippen molar-refractivity contribution in [1.82, 2.24) is 21.3 Å². The van der Waals surface area contributed by atoms with Gasteiger partial charge in [0.2, 0.25) is 23.6 Å². The van der Waals surface area contributed by atoms with E-state index in [-0.39, 0.29) is 30.4 Å². The molecule has 0 saturated heterocycles. The van der Waals surface area contributed by atoms with Crippen molar-refractivity contribution in [2.24, 2.45) is 11.7 Å². The number of hydrogen-bond donors (Lipinski definition) is 6. The Hall–Kier alpha value is -3.19. The van der Waals surface area contributed by atoms with E-state index in [9.17, 15) is 33.5 Å². The lowest BCUT2D eigenvalue weighted by Gasteiger charge is -2.27. The van der Waals surface area contributed by atoms with Gasteiger partial charge in [-0.2, -0.15) is 0 Å². The summed E-state index contributed by atoms with van der Waals surface area (Å²) in [5.41, 5.74) is 5.86. The van der Waals surface area contributed by atoms with Gasteiger partial charge in [-0.15, -0.1) is 0 Å². The van der Waals surface area contributed by atoms with Crippen LogP contribution in [0.25, 0.3) is 0 Å². The molecule has 218 valence electrons. The first-order valence-corrected chi connectivity index (χ1v) is 13.8. The second-order valence-electron chi connectivity index (χ2n) is 9.41. The van der Waals surface area contributed by atoms with Crippen LogP contribution in [-0.2, 0) is 25.6 Å². The molecule has 0 aliphatic heterocycles. The normalized spacial score (nSPS) is 14.8. The molecule has 39 heavy (non-hydrogen) atoms. The highest BCUT2D eigenvalue weighted by atomic mass is 32.2. The molecule has 0 bridgehead atoms. The zero-order chi connectivity index (χ0) is 29.5. The van der Waals surface area contributed by atoms with Gasteiger partial charge in [0, 0.05) is 12.8 Å². The van der Waals surface area contributed by atoms with E-state index in [4.69, 9.17) is 5.73 Å². The first-order chi connectivity index (χ1) is 18.4. The zero-order valence-corrected chi connectivity index (χ0v) is 23.6. The van der Waals surface area contributed by atoms with Crippen LogP contribution in [0.2, 0.25) is 0 Å². The molecule has 0 fully saturated rings. The molecule has 5 atom stereocenters. The third kappa shape index (κ3) is 12.5. The van der Waals surface area contributed by atoms with Crippen LogP contribution in [0.1, 0.15) is 46.1 Å². The van der Waals surface area contributed by atoms with E-state index in [0.717, 1.165) is 17.3 Å². The van der Waals surface area contributed by atoms with E-state index >= 15 is 0 Å². The maximum Gasteiger partial charge on any atom is 0.279 e. The third-order valence-corrected chi connectivity index (χ3v) is 6.49. The lowest BCUT2D eigenvalue weighted by Crippen LogP contribution is -2.58. The number of primary amides is 1. The topological polar surface area (TPSA) is 180 Å². The van der Waals surface area contributed by atoms with Gasteiger partial charge in [-0.1, -0.05) is 62.9 Å². The molecule has 0 radical (unpaired) electrons. The molecule has 0 spiro atoms. The molecule has 7 N–H and O–H groups in total. The van der Waals surface area contributed by atoms with Gasteiger partial charge in [0.05, 0.1) is 6.04 Å². The number of alkyl halides is 1. The van der Waals surface area contributed by atoms with Crippen molar-refractivity contribution in [3.8, 4) is 0 Å². The first-order valence-electron chi connectivity index (χ1n) is 12.8. The van der Waals surface area contributed by atoms with Crippen molar-refractivity contribution in [1.29, 1.82) is 0 Å². The Morgan fingerprint density at radius 1 is 0.949 bits per heavy atom. The molecule has 0 heterocycles. The van der Waals surface area contributed by atoms with Crippen LogP contribution >= 0.6 is 11.8 Å². The van der Waals surface area contributed by atoms with Gasteiger partial charge < -0.3 is 32.1 Å². The van der Waals surface area contributed by atoms with Crippen LogP contribution < -0.4 is 27.0 Å². The Morgan fingerprint density at radius 3 is 2.13 bits per heavy atom. The average molecular weight is 570 g/mol. The molecule has 2 unspecified atom stereocenters. The largest absolute Gasteiger partial charge is 0.388 e. The van der Waals surface area contributed by atoms with Gasteiger partial charge in [-0.05, 0) is 30.6 Å². The van der Waals surface area contributed by atoms with E-state index in [1.165, 1.54) is 6.92 Å². The predicted molar refractivity (Wildman–Crippen MR) is 147 cm³/mol. The van der Waals surface area contributed by atoms with Gasteiger partial charge in [0.25, 0.3) is 5.24 Å². The fraction of sp³-hybridized carbons (Fsp3) is 0.577. The number of benzene rings is 1. The molecule has 13 heteroatoms. The smallest absolute Gasteiger partial charge is 0.279 e. The summed E-state index contributed by atoms with van der Waals surface area (Å²) in [7, 11) is 0. The van der Waals surface area contributed by atoms with Crippen LogP contribution in [0.5, 0.6) is 0 Å². The Labute approximate surface area is 232 Å². The Bertz CT molecular complexity index is 967. The summed E-state index contributed by atoms with van der Waals surface area (Å²) in [4.78, 5) is 62.3. The van der Waals surface area contributed by atoms with Crippen molar-refractivity contribution in [2.45, 2.75) is 77.2 Å². The molecule has 1 rings (SSSR count). The number of nitrogens with two attached hydrogens (primary N) is 1. The molecular formula is C26H40FN5O6S. The number of carbonyl (C=O) groups excluding carboxylic acids is 5. The average Bonchev–Trinajstić information content (AvgIpc) is 2.88. The van der Waals surface area contributed by atoms with E-state index in [1.54, 1.807) is 44.2 Å². The maximum atomic E-state index is 13.2. The lowest BCUT2D eigenvalue weighted by molar-refractivity contribution is -0.133. The highest BCUT2D eigenvalue weighted by molar-refractivity contribution is 8.13. The summed E-state index contributed by atoms with van der Waals surface area (Å²) in [6, 6.07) is 4.73. The molecule has 1 aromatic carbocycles. The molecular weight excluding hydrogens is 529 g/mol. The lowest BCUT2D eigenvalue weighted by atomic mass is 10.0. The highest BCUT2D eigenvalue weighted by Gasteiger charge is 2.31. The minimum atomic E-state index is -1.56. The number of carbonyl (C=O) groups is 5. The van der Waals surface area contributed by atoms with Crippen molar-refractivity contribution < 1.29 is 33.5 Å². The summed E-state index contributed by atoms with van der Waals surface area (Å²) in [6.07, 6.45) is -1.72. The monoisotopic (exact) mass is 569 g/mol. The van der Waals surface area contributed by atoms with Crippen molar-refractivity contribution in [2.75, 3.05) is 12.4 Å². The second kappa shape index (κ2) is 17.4. The molecule has 11 nitrogen and oxygen atoms in total. The fourth-order valence-electron chi connectivity index (χ4n) is 3.61. The van der Waals surface area contributed by atoms with Gasteiger partial charge in [0.15, 0.2) is 0 Å². The number of thioether (sulfide) groups is 1.